The predicted molar refractivity (Wildman–Crippen MR) is 286 cm³/mol. The SMILES string of the molecule is CCN(CC)c1ccc2c(c1)Oc1cc(N(CC)CC)ccc1C2c1ccccc1C(=O)NCCN1CCN(CC(=O)[O-])CCN(CC(=O)[O-])CCN(CC(=O)N(CC)c2cc3oc(=O)cc(C)c3cc2C)CC1. The highest BCUT2D eigenvalue weighted by molar-refractivity contribution is 5.98. The topological polar surface area (TPSA) is 189 Å². The van der Waals surface area contributed by atoms with Crippen molar-refractivity contribution >= 4 is 51.8 Å². The van der Waals surface area contributed by atoms with Crippen LogP contribution in [0.2, 0.25) is 0 Å². The summed E-state index contributed by atoms with van der Waals surface area (Å²) in [5.74, 6) is -1.73. The van der Waals surface area contributed by atoms with Gasteiger partial charge in [0.1, 0.15) is 17.1 Å². The second-order valence-electron chi connectivity index (χ2n) is 19.1. The number of benzene rings is 4. The monoisotopic (exact) mass is 1010 g/mol. The Labute approximate surface area is 434 Å². The quantitative estimate of drug-likeness (QED) is 0.115. The van der Waals surface area contributed by atoms with Crippen LogP contribution < -0.4 is 40.6 Å². The average molecular weight is 1010 g/mol. The molecular formula is C57H72N8O9-2. The van der Waals surface area contributed by atoms with E-state index >= 15 is 0 Å². The maximum Gasteiger partial charge on any atom is 0.336 e. The maximum atomic E-state index is 14.5. The van der Waals surface area contributed by atoms with Gasteiger partial charge in [-0.15, -0.1) is 0 Å². The second kappa shape index (κ2) is 25.4. The molecule has 3 heterocycles. The first-order chi connectivity index (χ1) is 35.6. The Balaban J connectivity index is 1.13. The lowest BCUT2D eigenvalue weighted by Crippen LogP contribution is -2.51. The molecule has 396 valence electrons. The number of rotatable bonds is 19. The molecule has 1 saturated heterocycles. The number of hydrogen-bond donors (Lipinski definition) is 1. The number of fused-ring (bicyclic) bond motifs is 3. The van der Waals surface area contributed by atoms with Gasteiger partial charge in [0.25, 0.3) is 5.91 Å². The molecule has 74 heavy (non-hydrogen) atoms. The van der Waals surface area contributed by atoms with E-state index < -0.39 is 17.6 Å². The van der Waals surface area contributed by atoms with E-state index in [0.717, 1.165) is 82.3 Å². The lowest BCUT2D eigenvalue weighted by molar-refractivity contribution is -0.308. The fraction of sp³-hybridized carbons (Fsp3) is 0.456. The summed E-state index contributed by atoms with van der Waals surface area (Å²) in [4.78, 5) is 78.8. The van der Waals surface area contributed by atoms with Gasteiger partial charge >= 0.3 is 5.63 Å². The van der Waals surface area contributed by atoms with Crippen LogP contribution in [0.5, 0.6) is 11.5 Å². The van der Waals surface area contributed by atoms with Crippen LogP contribution in [0.15, 0.2) is 88.1 Å². The first kappa shape index (κ1) is 55.0. The molecular weight excluding hydrogens is 941 g/mol. The van der Waals surface area contributed by atoms with Gasteiger partial charge in [0.2, 0.25) is 5.91 Å². The molecule has 4 aromatic carbocycles. The van der Waals surface area contributed by atoms with Crippen molar-refractivity contribution in [1.29, 1.82) is 0 Å². The largest absolute Gasteiger partial charge is 0.549 e. The van der Waals surface area contributed by atoms with Gasteiger partial charge in [0.05, 0.1) is 24.2 Å². The van der Waals surface area contributed by atoms with Crippen molar-refractivity contribution in [1.82, 2.24) is 24.9 Å². The highest BCUT2D eigenvalue weighted by Crippen LogP contribution is 2.50. The van der Waals surface area contributed by atoms with E-state index in [1.165, 1.54) is 6.07 Å². The van der Waals surface area contributed by atoms with Crippen LogP contribution in [-0.2, 0) is 14.4 Å². The van der Waals surface area contributed by atoms with Crippen LogP contribution in [0.4, 0.5) is 17.1 Å². The molecule has 1 aromatic heterocycles. The molecule has 17 heteroatoms. The van der Waals surface area contributed by atoms with Gasteiger partial charge in [-0.05, 0) is 89.4 Å². The molecule has 0 radical (unpaired) electrons. The highest BCUT2D eigenvalue weighted by Gasteiger charge is 2.33. The summed E-state index contributed by atoms with van der Waals surface area (Å²) in [6.45, 7) is 20.6. The van der Waals surface area contributed by atoms with Crippen LogP contribution in [0.25, 0.3) is 11.0 Å². The number of carboxylic acids is 2. The minimum absolute atomic E-state index is 0.00638. The van der Waals surface area contributed by atoms with Gasteiger partial charge in [0.15, 0.2) is 0 Å². The summed E-state index contributed by atoms with van der Waals surface area (Å²) in [5, 5.41) is 27.8. The molecule has 1 N–H and O–H groups in total. The molecule has 0 atom stereocenters. The van der Waals surface area contributed by atoms with Gasteiger partial charge in [-0.3, -0.25) is 29.2 Å². The molecule has 1 fully saturated rings. The molecule has 2 aliphatic rings. The standard InChI is InChI=1S/C57H74N8O9/c1-8-63(9-2)41-17-19-45-49(33-41)73-50-34-42(64(10-3)11-4)18-20-46(50)56(45)43-15-13-14-16-44(43)57(72)58-21-22-59-23-25-60(27-28-62(38-54(69)70)30-29-61(26-24-59)37-53(67)68)36-52(66)65(12-5)48-35-51-47(31-40(48)7)39(6)32-55(71)74-51/h13-20,31-35,56H,8-12,21-30,36-38H2,1-7H3,(H,58,72)(H,67,68)(H,69,70)/p-2. The average Bonchev–Trinajstić information content (AvgIpc) is 3.37. The maximum absolute atomic E-state index is 14.5. The summed E-state index contributed by atoms with van der Waals surface area (Å²) in [7, 11) is 0. The highest BCUT2D eigenvalue weighted by atomic mass is 16.5. The molecule has 7 rings (SSSR count). The molecule has 2 amide bonds. The van der Waals surface area contributed by atoms with Gasteiger partial charge in [-0.2, -0.15) is 0 Å². The Hall–Kier alpha value is -6.79. The number of nitrogens with one attached hydrogen (secondary N) is 1. The number of anilines is 3. The van der Waals surface area contributed by atoms with Gasteiger partial charge < -0.3 is 49.0 Å². The lowest BCUT2D eigenvalue weighted by atomic mass is 9.80. The third kappa shape index (κ3) is 13.3. The lowest BCUT2D eigenvalue weighted by Gasteiger charge is -2.35. The Morgan fingerprint density at radius 2 is 1.12 bits per heavy atom. The number of likely N-dealkylation sites (N-methyl/N-ethyl adjacent to an activating group) is 1. The predicted octanol–water partition coefficient (Wildman–Crippen LogP) is 3.89. The van der Waals surface area contributed by atoms with Crippen LogP contribution in [0.3, 0.4) is 0 Å². The van der Waals surface area contributed by atoms with Crippen molar-refractivity contribution in [3.63, 3.8) is 0 Å². The number of carbonyl (C=O) groups excluding carboxylic acids is 4. The number of carbonyl (C=O) groups is 4. The summed E-state index contributed by atoms with van der Waals surface area (Å²) >= 11 is 0. The zero-order valence-corrected chi connectivity index (χ0v) is 44.1. The molecule has 17 nitrogen and oxygen atoms in total. The van der Waals surface area contributed by atoms with Crippen molar-refractivity contribution in [3.8, 4) is 11.5 Å². The molecule has 5 aromatic rings. The summed E-state index contributed by atoms with van der Waals surface area (Å²) < 4.78 is 12.3. The van der Waals surface area contributed by atoms with Crippen molar-refractivity contribution in [3.05, 3.63) is 123 Å². The van der Waals surface area contributed by atoms with Crippen LogP contribution in [-0.4, -0.2) is 161 Å². The van der Waals surface area contributed by atoms with Crippen molar-refractivity contribution in [2.45, 2.75) is 54.4 Å². The number of amides is 2. The van der Waals surface area contributed by atoms with E-state index in [4.69, 9.17) is 9.15 Å². The van der Waals surface area contributed by atoms with E-state index in [2.05, 4.69) is 84.1 Å². The van der Waals surface area contributed by atoms with Crippen molar-refractivity contribution in [2.75, 3.05) is 133 Å². The molecule has 0 spiro atoms. The molecule has 0 saturated carbocycles. The number of hydrogen-bond acceptors (Lipinski definition) is 15. The Bertz CT molecular complexity index is 2780. The van der Waals surface area contributed by atoms with Crippen LogP contribution >= 0.6 is 0 Å². The van der Waals surface area contributed by atoms with Crippen LogP contribution in [0, 0.1) is 13.8 Å². The zero-order chi connectivity index (χ0) is 53.1. The third-order valence-corrected chi connectivity index (χ3v) is 14.5. The fourth-order valence-electron chi connectivity index (χ4n) is 10.4. The summed E-state index contributed by atoms with van der Waals surface area (Å²) in [6, 6.07) is 25.5. The van der Waals surface area contributed by atoms with E-state index in [1.54, 1.807) is 20.8 Å². The number of nitrogens with zero attached hydrogens (tertiary/aromatic N) is 7. The molecule has 2 aliphatic heterocycles. The third-order valence-electron chi connectivity index (χ3n) is 14.5. The van der Waals surface area contributed by atoms with Gasteiger partial charge in [0, 0.05) is 175 Å². The Morgan fingerprint density at radius 3 is 1.64 bits per heavy atom. The molecule has 0 bridgehead atoms. The number of ether oxygens (including phenoxy) is 1. The van der Waals surface area contributed by atoms with Gasteiger partial charge in [-0.1, -0.05) is 30.3 Å². The zero-order valence-electron chi connectivity index (χ0n) is 44.1. The molecule has 0 unspecified atom stereocenters. The van der Waals surface area contributed by atoms with E-state index in [0.29, 0.717) is 62.6 Å². The summed E-state index contributed by atoms with van der Waals surface area (Å²) in [5.41, 5.74) is 7.59. The first-order valence-electron chi connectivity index (χ1n) is 26.1. The Kier molecular flexibility index (Phi) is 18.9. The van der Waals surface area contributed by atoms with E-state index in [-0.39, 0.29) is 63.5 Å². The minimum Gasteiger partial charge on any atom is -0.549 e. The number of aryl methyl sites for hydroxylation is 2. The second-order valence-corrected chi connectivity index (χ2v) is 19.1. The van der Waals surface area contributed by atoms with Crippen molar-refractivity contribution < 1.29 is 38.5 Å². The van der Waals surface area contributed by atoms with Crippen molar-refractivity contribution in [2.24, 2.45) is 0 Å². The first-order valence-corrected chi connectivity index (χ1v) is 26.1. The summed E-state index contributed by atoms with van der Waals surface area (Å²) in [6.07, 6.45) is 0. The molecule has 0 aliphatic carbocycles. The normalized spacial score (nSPS) is 15.3. The number of aliphatic carboxylic acids is 2. The smallest absolute Gasteiger partial charge is 0.336 e. The Morgan fingerprint density at radius 1 is 0.608 bits per heavy atom. The van der Waals surface area contributed by atoms with Gasteiger partial charge in [-0.25, -0.2) is 4.79 Å². The fourth-order valence-corrected chi connectivity index (χ4v) is 10.4. The number of carboxylic acid groups (broad SMARTS) is 2. The van der Waals surface area contributed by atoms with Crippen LogP contribution in [0.1, 0.15) is 78.7 Å². The van der Waals surface area contributed by atoms with E-state index in [9.17, 15) is 34.2 Å². The van der Waals surface area contributed by atoms with E-state index in [1.807, 2.05) is 56.0 Å². The minimum atomic E-state index is -1.26.